The van der Waals surface area contributed by atoms with Gasteiger partial charge in [-0.3, -0.25) is 0 Å². The minimum Gasteiger partial charge on any atom is -0.491 e. The lowest BCUT2D eigenvalue weighted by atomic mass is 9.81. The number of anilines is 1. The molecule has 0 radical (unpaired) electrons. The number of hydrogen-bond donors (Lipinski definition) is 1. The summed E-state index contributed by atoms with van der Waals surface area (Å²) in [5, 5.41) is 0.852. The molecule has 2 aromatic heterocycles. The summed E-state index contributed by atoms with van der Waals surface area (Å²) in [6.07, 6.45) is 11.2. The van der Waals surface area contributed by atoms with Gasteiger partial charge in [0.2, 0.25) is 0 Å². The highest BCUT2D eigenvalue weighted by atomic mass is 16.6. The second-order valence-corrected chi connectivity index (χ2v) is 9.25. The molecule has 0 spiro atoms. The normalized spacial score (nSPS) is 29.2. The molecule has 1 saturated carbocycles. The summed E-state index contributed by atoms with van der Waals surface area (Å²) in [5.41, 5.74) is 8.99. The summed E-state index contributed by atoms with van der Waals surface area (Å²) >= 11 is 0. The summed E-state index contributed by atoms with van der Waals surface area (Å²) in [6.45, 7) is 0.592. The topological polar surface area (TPSA) is 92.3 Å². The maximum Gasteiger partial charge on any atom is 0.146 e. The number of aldehydes is 1. The Labute approximate surface area is 180 Å². The maximum atomic E-state index is 11.1. The van der Waals surface area contributed by atoms with Crippen molar-refractivity contribution in [2.75, 3.05) is 12.3 Å². The van der Waals surface area contributed by atoms with E-state index in [9.17, 15) is 4.79 Å². The van der Waals surface area contributed by atoms with Gasteiger partial charge in [-0.2, -0.15) is 0 Å². The molecule has 4 heterocycles. The quantitative estimate of drug-likeness (QED) is 0.610. The van der Waals surface area contributed by atoms with E-state index in [-0.39, 0.29) is 17.6 Å². The van der Waals surface area contributed by atoms with Crippen molar-refractivity contribution in [1.82, 2.24) is 14.5 Å². The number of nitrogens with two attached hydrogens (primary N) is 1. The highest BCUT2D eigenvalue weighted by Crippen LogP contribution is 2.44. The number of aromatic nitrogens is 3. The van der Waals surface area contributed by atoms with E-state index < -0.39 is 0 Å². The standard InChI is InChI=1S/C24H26N4O3/c25-22-21-20(11-28(23(21)27-14-26-22)17-8-15(9-17)12-29)16-2-1-3-19(10-16)30-13-24-6-4-18(31-24)5-7-24/h1-3,10-12,14-15,17-18H,4-9,13H2,(H2,25,26,27)/t15-,17-,18?,24?. The average Bonchev–Trinajstić information content (AvgIpc) is 3.46. The van der Waals surface area contributed by atoms with Crippen molar-refractivity contribution in [3.63, 3.8) is 0 Å². The molecule has 0 amide bonds. The van der Waals surface area contributed by atoms with Crippen molar-refractivity contribution in [1.29, 1.82) is 0 Å². The highest BCUT2D eigenvalue weighted by molar-refractivity contribution is 6.00. The minimum atomic E-state index is -0.103. The van der Waals surface area contributed by atoms with E-state index in [1.54, 1.807) is 0 Å². The number of nitrogens with zero attached hydrogens (tertiary/aromatic N) is 3. The predicted octanol–water partition coefficient (Wildman–Crippen LogP) is 3.92. The molecule has 3 aliphatic rings. The first-order chi connectivity index (χ1) is 15.1. The fourth-order valence-corrected chi connectivity index (χ4v) is 5.43. The van der Waals surface area contributed by atoms with Gasteiger partial charge in [0.15, 0.2) is 0 Å². The molecule has 1 aromatic carbocycles. The minimum absolute atomic E-state index is 0.103. The Morgan fingerprint density at radius 2 is 2.10 bits per heavy atom. The molecule has 3 aromatic rings. The van der Waals surface area contributed by atoms with Crippen molar-refractivity contribution >= 4 is 23.1 Å². The van der Waals surface area contributed by atoms with Crippen LogP contribution in [0.4, 0.5) is 5.82 Å². The average molecular weight is 418 g/mol. The van der Waals surface area contributed by atoms with Gasteiger partial charge in [-0.1, -0.05) is 12.1 Å². The molecule has 2 N–H and O–H groups in total. The third-order valence-electron chi connectivity index (χ3n) is 7.28. The molecule has 0 unspecified atom stereocenters. The van der Waals surface area contributed by atoms with Crippen LogP contribution in [-0.2, 0) is 9.53 Å². The number of nitrogen functional groups attached to an aromatic ring is 1. The van der Waals surface area contributed by atoms with Crippen LogP contribution < -0.4 is 10.5 Å². The molecule has 7 nitrogen and oxygen atoms in total. The second kappa shape index (κ2) is 7.05. The van der Waals surface area contributed by atoms with Gasteiger partial charge in [-0.25, -0.2) is 9.97 Å². The van der Waals surface area contributed by atoms with Crippen LogP contribution in [-0.4, -0.2) is 39.1 Å². The van der Waals surface area contributed by atoms with Gasteiger partial charge >= 0.3 is 0 Å². The van der Waals surface area contributed by atoms with Gasteiger partial charge in [0.05, 0.1) is 11.5 Å². The monoisotopic (exact) mass is 418 g/mol. The van der Waals surface area contributed by atoms with Crippen LogP contribution in [0.15, 0.2) is 36.8 Å². The summed E-state index contributed by atoms with van der Waals surface area (Å²) in [6, 6.07) is 8.36. The molecule has 7 heteroatoms. The van der Waals surface area contributed by atoms with Gasteiger partial charge in [0, 0.05) is 23.7 Å². The zero-order valence-corrected chi connectivity index (χ0v) is 17.4. The predicted molar refractivity (Wildman–Crippen MR) is 117 cm³/mol. The lowest BCUT2D eigenvalue weighted by molar-refractivity contribution is -0.114. The first-order valence-corrected chi connectivity index (χ1v) is 11.1. The zero-order valence-electron chi connectivity index (χ0n) is 17.4. The maximum absolute atomic E-state index is 11.1. The number of carbonyl (C=O) groups excluding carboxylic acids is 1. The van der Waals surface area contributed by atoms with Crippen LogP contribution in [0.25, 0.3) is 22.2 Å². The molecule has 31 heavy (non-hydrogen) atoms. The molecule has 1 aliphatic carbocycles. The third-order valence-corrected chi connectivity index (χ3v) is 7.28. The smallest absolute Gasteiger partial charge is 0.146 e. The number of fused-ring (bicyclic) bond motifs is 3. The second-order valence-electron chi connectivity index (χ2n) is 9.25. The van der Waals surface area contributed by atoms with E-state index in [1.165, 1.54) is 6.33 Å². The highest BCUT2D eigenvalue weighted by Gasteiger charge is 2.46. The Bertz CT molecular complexity index is 1140. The number of hydrogen-bond acceptors (Lipinski definition) is 6. The number of ether oxygens (including phenoxy) is 2. The molecule has 6 rings (SSSR count). The van der Waals surface area contributed by atoms with Gasteiger partial charge in [0.1, 0.15) is 42.0 Å². The molecule has 2 aliphatic heterocycles. The van der Waals surface area contributed by atoms with Crippen LogP contribution in [0.5, 0.6) is 5.75 Å². The van der Waals surface area contributed by atoms with Crippen molar-refractivity contribution < 1.29 is 14.3 Å². The van der Waals surface area contributed by atoms with E-state index in [0.29, 0.717) is 18.5 Å². The van der Waals surface area contributed by atoms with Crippen LogP contribution in [0.3, 0.4) is 0 Å². The third kappa shape index (κ3) is 3.10. The molecular formula is C24H26N4O3. The SMILES string of the molecule is Nc1ncnc2c1c(-c1cccc(OCC34CCC(CC3)O4)c1)cn2[C@H]1C[C@H](C=O)C1. The van der Waals surface area contributed by atoms with Crippen molar-refractivity contribution in [3.8, 4) is 16.9 Å². The van der Waals surface area contributed by atoms with Crippen molar-refractivity contribution in [2.45, 2.75) is 56.3 Å². The van der Waals surface area contributed by atoms with Crippen LogP contribution in [0, 0.1) is 5.92 Å². The van der Waals surface area contributed by atoms with E-state index in [0.717, 1.165) is 72.7 Å². The van der Waals surface area contributed by atoms with Crippen LogP contribution in [0.2, 0.25) is 0 Å². The van der Waals surface area contributed by atoms with E-state index in [4.69, 9.17) is 15.2 Å². The fraction of sp³-hybridized carbons (Fsp3) is 0.458. The number of benzene rings is 1. The number of rotatable bonds is 6. The Hall–Kier alpha value is -2.93. The Kier molecular flexibility index (Phi) is 4.28. The van der Waals surface area contributed by atoms with Gasteiger partial charge < -0.3 is 24.6 Å². The summed E-state index contributed by atoms with van der Waals surface area (Å²) in [7, 11) is 0. The first-order valence-electron chi connectivity index (χ1n) is 11.1. The Balaban J connectivity index is 1.32. The lowest BCUT2D eigenvalue weighted by Gasteiger charge is -2.33. The Morgan fingerprint density at radius 1 is 1.26 bits per heavy atom. The van der Waals surface area contributed by atoms with Gasteiger partial charge in [-0.15, -0.1) is 0 Å². The number of carbonyl (C=O) groups is 1. The first kappa shape index (κ1) is 18.8. The summed E-state index contributed by atoms with van der Waals surface area (Å²) in [4.78, 5) is 19.8. The van der Waals surface area contributed by atoms with E-state index in [1.807, 2.05) is 12.1 Å². The van der Waals surface area contributed by atoms with Crippen molar-refractivity contribution in [3.05, 3.63) is 36.8 Å². The van der Waals surface area contributed by atoms with Crippen LogP contribution in [0.1, 0.15) is 44.6 Å². The lowest BCUT2D eigenvalue weighted by Crippen LogP contribution is -2.32. The van der Waals surface area contributed by atoms with E-state index in [2.05, 4.69) is 32.9 Å². The molecule has 160 valence electrons. The molecule has 0 atom stereocenters. The van der Waals surface area contributed by atoms with E-state index >= 15 is 0 Å². The summed E-state index contributed by atoms with van der Waals surface area (Å²) in [5.74, 6) is 1.42. The fourth-order valence-electron chi connectivity index (χ4n) is 5.43. The Morgan fingerprint density at radius 3 is 2.84 bits per heavy atom. The molecular weight excluding hydrogens is 392 g/mol. The van der Waals surface area contributed by atoms with Crippen LogP contribution >= 0.6 is 0 Å². The molecule has 2 bridgehead atoms. The largest absolute Gasteiger partial charge is 0.491 e. The summed E-state index contributed by atoms with van der Waals surface area (Å²) < 4.78 is 14.5. The van der Waals surface area contributed by atoms with Gasteiger partial charge in [-0.05, 0) is 56.2 Å². The molecule has 2 saturated heterocycles. The van der Waals surface area contributed by atoms with Gasteiger partial charge in [0.25, 0.3) is 0 Å². The molecule has 3 fully saturated rings. The zero-order chi connectivity index (χ0) is 21.0. The van der Waals surface area contributed by atoms with Crippen molar-refractivity contribution in [2.24, 2.45) is 5.92 Å².